The first-order valence-corrected chi connectivity index (χ1v) is 8.32. The zero-order valence-corrected chi connectivity index (χ0v) is 15.8. The average molecular weight is 404 g/mol. The van der Waals surface area contributed by atoms with Crippen molar-refractivity contribution in [2.24, 2.45) is 10.8 Å². The molecule has 1 fully saturated rings. The third kappa shape index (κ3) is 3.63. The zero-order valence-electron chi connectivity index (χ0n) is 15.8. The molecule has 1 atom stereocenters. The zero-order chi connectivity index (χ0) is 21.4. The summed E-state index contributed by atoms with van der Waals surface area (Å²) in [7, 11) is 1.11. The number of esters is 1. The molecule has 1 aliphatic rings. The summed E-state index contributed by atoms with van der Waals surface area (Å²) in [6, 6.07) is 0. The van der Waals surface area contributed by atoms with Gasteiger partial charge in [0, 0.05) is 12.7 Å². The van der Waals surface area contributed by atoms with E-state index in [1.54, 1.807) is 13.8 Å². The molecule has 1 aromatic carbocycles. The maximum atomic E-state index is 14.1. The summed E-state index contributed by atoms with van der Waals surface area (Å²) < 4.78 is 65.7. The second kappa shape index (κ2) is 7.54. The van der Waals surface area contributed by atoms with E-state index in [1.807, 2.05) is 0 Å². The van der Waals surface area contributed by atoms with Gasteiger partial charge in [0.15, 0.2) is 23.3 Å². The predicted molar refractivity (Wildman–Crippen MR) is 89.0 cm³/mol. The number of rotatable bonds is 7. The standard InChI is InChI=1S/C19H20F4O5/c1-9(16(24)25)5-19(8-18(19,2)3)17(26)28-7-11-14(22)12(20)10(6-27-4)13(21)15(11)23/h5H,6-8H2,1-4H3,(H,24,25)/b9-5+. The molecule has 0 aromatic heterocycles. The van der Waals surface area contributed by atoms with Crippen molar-refractivity contribution in [2.75, 3.05) is 7.11 Å². The fraction of sp³-hybridized carbons (Fsp3) is 0.474. The Kier molecular flexibility index (Phi) is 5.89. The lowest BCUT2D eigenvalue weighted by molar-refractivity contribution is -0.151. The fourth-order valence-corrected chi connectivity index (χ4v) is 3.12. The highest BCUT2D eigenvalue weighted by atomic mass is 19.2. The van der Waals surface area contributed by atoms with Crippen molar-refractivity contribution in [2.45, 2.75) is 40.4 Å². The lowest BCUT2D eigenvalue weighted by Gasteiger charge is -2.17. The Morgan fingerprint density at radius 3 is 1.82 bits per heavy atom. The van der Waals surface area contributed by atoms with E-state index in [9.17, 15) is 27.2 Å². The monoisotopic (exact) mass is 404 g/mol. The SMILES string of the molecule is COCc1c(F)c(F)c(COC(=O)C2(/C=C(\C)C(=O)O)CC2(C)C)c(F)c1F. The summed E-state index contributed by atoms with van der Waals surface area (Å²) in [5.41, 5.74) is -4.02. The molecule has 9 heteroatoms. The van der Waals surface area contributed by atoms with Crippen LogP contribution >= 0.6 is 0 Å². The Hall–Kier alpha value is -2.42. The molecule has 0 amide bonds. The molecular weight excluding hydrogens is 384 g/mol. The molecule has 1 unspecified atom stereocenters. The Bertz CT molecular complexity index is 833. The topological polar surface area (TPSA) is 72.8 Å². The molecule has 1 N–H and O–H groups in total. The molecule has 0 heterocycles. The minimum absolute atomic E-state index is 0.0964. The Morgan fingerprint density at radius 1 is 1.04 bits per heavy atom. The first-order valence-electron chi connectivity index (χ1n) is 8.32. The molecular formula is C19H20F4O5. The summed E-state index contributed by atoms with van der Waals surface area (Å²) in [6.07, 6.45) is 1.48. The second-order valence-corrected chi connectivity index (χ2v) is 7.39. The van der Waals surface area contributed by atoms with Crippen LogP contribution in [0.2, 0.25) is 0 Å². The molecule has 0 spiro atoms. The lowest BCUT2D eigenvalue weighted by atomic mass is 9.93. The lowest BCUT2D eigenvalue weighted by Crippen LogP contribution is -2.24. The molecule has 28 heavy (non-hydrogen) atoms. The van der Waals surface area contributed by atoms with Gasteiger partial charge in [0.2, 0.25) is 0 Å². The van der Waals surface area contributed by atoms with Crippen molar-refractivity contribution in [1.29, 1.82) is 0 Å². The number of aliphatic carboxylic acids is 1. The van der Waals surface area contributed by atoms with Crippen LogP contribution in [-0.4, -0.2) is 24.2 Å². The summed E-state index contributed by atoms with van der Waals surface area (Å²) in [5.74, 6) is -8.78. The Balaban J connectivity index is 2.30. The van der Waals surface area contributed by atoms with Crippen LogP contribution in [0.15, 0.2) is 11.6 Å². The van der Waals surface area contributed by atoms with Gasteiger partial charge in [-0.2, -0.15) is 0 Å². The molecule has 1 aromatic rings. The quantitative estimate of drug-likeness (QED) is 0.323. The third-order valence-corrected chi connectivity index (χ3v) is 5.05. The van der Waals surface area contributed by atoms with Gasteiger partial charge in [-0.1, -0.05) is 19.9 Å². The van der Waals surface area contributed by atoms with Crippen LogP contribution in [-0.2, 0) is 32.3 Å². The van der Waals surface area contributed by atoms with Crippen LogP contribution < -0.4 is 0 Å². The van der Waals surface area contributed by atoms with Gasteiger partial charge in [-0.3, -0.25) is 4.79 Å². The van der Waals surface area contributed by atoms with Gasteiger partial charge < -0.3 is 14.6 Å². The highest BCUT2D eigenvalue weighted by Gasteiger charge is 2.66. The number of carboxylic acids is 1. The molecule has 5 nitrogen and oxygen atoms in total. The van der Waals surface area contributed by atoms with Crippen LogP contribution in [0.25, 0.3) is 0 Å². The molecule has 154 valence electrons. The molecule has 0 aliphatic heterocycles. The van der Waals surface area contributed by atoms with Gasteiger partial charge in [0.25, 0.3) is 0 Å². The van der Waals surface area contributed by atoms with Crippen molar-refractivity contribution >= 4 is 11.9 Å². The number of halogens is 4. The van der Waals surface area contributed by atoms with E-state index >= 15 is 0 Å². The van der Waals surface area contributed by atoms with Crippen molar-refractivity contribution in [3.05, 3.63) is 46.0 Å². The van der Waals surface area contributed by atoms with E-state index in [-0.39, 0.29) is 12.0 Å². The first kappa shape index (κ1) is 21.9. The van der Waals surface area contributed by atoms with Crippen LogP contribution in [0, 0.1) is 34.1 Å². The van der Waals surface area contributed by atoms with Gasteiger partial charge >= 0.3 is 11.9 Å². The van der Waals surface area contributed by atoms with Gasteiger partial charge in [0.1, 0.15) is 6.61 Å². The van der Waals surface area contributed by atoms with Crippen LogP contribution in [0.1, 0.15) is 38.3 Å². The van der Waals surface area contributed by atoms with Gasteiger partial charge in [-0.25, -0.2) is 22.4 Å². The number of benzene rings is 1. The average Bonchev–Trinajstić information content (AvgIpc) is 3.18. The number of hydrogen-bond acceptors (Lipinski definition) is 4. The summed E-state index contributed by atoms with van der Waals surface area (Å²) in [4.78, 5) is 23.6. The molecule has 1 saturated carbocycles. The number of carbonyl (C=O) groups excluding carboxylic acids is 1. The molecule has 2 rings (SSSR count). The summed E-state index contributed by atoms with van der Waals surface area (Å²) in [5, 5.41) is 9.02. The van der Waals surface area contributed by atoms with E-state index in [2.05, 4.69) is 4.74 Å². The highest BCUT2D eigenvalue weighted by Crippen LogP contribution is 2.65. The van der Waals surface area contributed by atoms with Crippen LogP contribution in [0.3, 0.4) is 0 Å². The van der Waals surface area contributed by atoms with E-state index in [1.165, 1.54) is 13.0 Å². The van der Waals surface area contributed by atoms with Crippen molar-refractivity contribution < 1.29 is 41.7 Å². The third-order valence-electron chi connectivity index (χ3n) is 5.05. The maximum Gasteiger partial charge on any atom is 0.330 e. The number of hydrogen-bond donors (Lipinski definition) is 1. The minimum atomic E-state index is -1.68. The van der Waals surface area contributed by atoms with E-state index in [0.717, 1.165) is 7.11 Å². The Morgan fingerprint density at radius 2 is 1.46 bits per heavy atom. The number of carbonyl (C=O) groups is 2. The minimum Gasteiger partial charge on any atom is -0.478 e. The van der Waals surface area contributed by atoms with Crippen LogP contribution in [0.5, 0.6) is 0 Å². The fourth-order valence-electron chi connectivity index (χ4n) is 3.12. The number of carboxylic acid groups (broad SMARTS) is 1. The van der Waals surface area contributed by atoms with Gasteiger partial charge in [-0.15, -0.1) is 0 Å². The molecule has 0 saturated heterocycles. The van der Waals surface area contributed by atoms with Crippen molar-refractivity contribution in [1.82, 2.24) is 0 Å². The largest absolute Gasteiger partial charge is 0.478 e. The highest BCUT2D eigenvalue weighted by molar-refractivity contribution is 5.90. The Labute approximate surface area is 158 Å². The van der Waals surface area contributed by atoms with Crippen LogP contribution in [0.4, 0.5) is 17.6 Å². The van der Waals surface area contributed by atoms with Crippen molar-refractivity contribution in [3.8, 4) is 0 Å². The predicted octanol–water partition coefficient (Wildman–Crippen LogP) is 3.88. The summed E-state index contributed by atoms with van der Waals surface area (Å²) >= 11 is 0. The first-order chi connectivity index (χ1) is 12.9. The van der Waals surface area contributed by atoms with E-state index < -0.39 is 70.4 Å². The molecule has 0 radical (unpaired) electrons. The molecule has 0 bridgehead atoms. The summed E-state index contributed by atoms with van der Waals surface area (Å²) in [6.45, 7) is 2.96. The number of ether oxygens (including phenoxy) is 2. The smallest absolute Gasteiger partial charge is 0.330 e. The van der Waals surface area contributed by atoms with Gasteiger partial charge in [0.05, 0.1) is 23.1 Å². The maximum absolute atomic E-state index is 14.1. The normalized spacial score (nSPS) is 20.8. The van der Waals surface area contributed by atoms with Crippen molar-refractivity contribution in [3.63, 3.8) is 0 Å². The van der Waals surface area contributed by atoms with E-state index in [4.69, 9.17) is 9.84 Å². The van der Waals surface area contributed by atoms with E-state index in [0.29, 0.717) is 0 Å². The number of methoxy groups -OCH3 is 1. The second-order valence-electron chi connectivity index (χ2n) is 7.39. The van der Waals surface area contributed by atoms with Gasteiger partial charge in [-0.05, 0) is 18.8 Å². The molecule has 1 aliphatic carbocycles.